The lowest BCUT2D eigenvalue weighted by atomic mass is 10.4. The number of nitrogens with zero attached hydrogens (tertiary/aromatic N) is 5. The largest absolute Gasteiger partial charge is 0.369 e. The van der Waals surface area contributed by atoms with Crippen LogP contribution in [-0.4, -0.2) is 51.0 Å². The van der Waals surface area contributed by atoms with Gasteiger partial charge in [-0.05, 0) is 0 Å². The molecule has 1 amide bonds. The average Bonchev–Trinajstić information content (AvgIpc) is 2.76. The summed E-state index contributed by atoms with van der Waals surface area (Å²) in [5.74, 6) is 1.13. The number of fused-ring (bicyclic) bond motifs is 1. The highest BCUT2D eigenvalue weighted by molar-refractivity contribution is 6.29. The monoisotopic (exact) mass is 268 g/mol. The molecule has 0 unspecified atom stereocenters. The second-order valence-electron chi connectivity index (χ2n) is 3.90. The molecule has 0 saturated carbocycles. The molecular formula is C10H13ClN6O. The molecule has 96 valence electrons. The Morgan fingerprint density at radius 2 is 2.33 bits per heavy atom. The molecule has 0 bridgehead atoms. The van der Waals surface area contributed by atoms with E-state index in [1.54, 1.807) is 25.1 Å². The van der Waals surface area contributed by atoms with Crippen molar-refractivity contribution in [2.45, 2.75) is 6.42 Å². The van der Waals surface area contributed by atoms with Gasteiger partial charge in [-0.15, -0.1) is 0 Å². The van der Waals surface area contributed by atoms with E-state index in [4.69, 9.17) is 11.6 Å². The van der Waals surface area contributed by atoms with Crippen LogP contribution < -0.4 is 5.32 Å². The van der Waals surface area contributed by atoms with Gasteiger partial charge in [-0.25, -0.2) is 0 Å². The number of carbonyl (C=O) groups is 1. The molecule has 18 heavy (non-hydrogen) atoms. The Hall–Kier alpha value is -1.89. The number of amides is 1. The van der Waals surface area contributed by atoms with Gasteiger partial charge in [-0.1, -0.05) is 11.6 Å². The molecule has 2 aromatic heterocycles. The van der Waals surface area contributed by atoms with Crippen LogP contribution in [0.15, 0.2) is 12.4 Å². The number of rotatable bonds is 4. The van der Waals surface area contributed by atoms with E-state index >= 15 is 0 Å². The summed E-state index contributed by atoms with van der Waals surface area (Å²) in [5, 5.41) is 7.44. The number of aromatic nitrogens is 4. The number of halogens is 1. The normalized spacial score (nSPS) is 10.6. The first-order chi connectivity index (χ1) is 8.58. The summed E-state index contributed by atoms with van der Waals surface area (Å²) in [7, 11) is 3.45. The van der Waals surface area contributed by atoms with Crippen LogP contribution in [0.25, 0.3) is 5.78 Å². The lowest BCUT2D eigenvalue weighted by molar-refractivity contribution is -0.128. The van der Waals surface area contributed by atoms with Gasteiger partial charge in [0.25, 0.3) is 5.78 Å². The van der Waals surface area contributed by atoms with Crippen LogP contribution in [0.2, 0.25) is 5.15 Å². The highest BCUT2D eigenvalue weighted by Crippen LogP contribution is 2.14. The predicted molar refractivity (Wildman–Crippen MR) is 67.6 cm³/mol. The smallest absolute Gasteiger partial charge is 0.255 e. The maximum absolute atomic E-state index is 11.4. The van der Waals surface area contributed by atoms with E-state index in [1.807, 2.05) is 0 Å². The summed E-state index contributed by atoms with van der Waals surface area (Å²) >= 11 is 5.87. The molecule has 0 aliphatic carbocycles. The van der Waals surface area contributed by atoms with Crippen molar-refractivity contribution in [3.63, 3.8) is 0 Å². The van der Waals surface area contributed by atoms with Gasteiger partial charge in [-0.3, -0.25) is 4.79 Å². The summed E-state index contributed by atoms with van der Waals surface area (Å²) in [6.45, 7) is 0.492. The van der Waals surface area contributed by atoms with Gasteiger partial charge >= 0.3 is 0 Å². The molecule has 0 aliphatic heterocycles. The number of hydrogen-bond acceptors (Lipinski definition) is 5. The molecule has 2 aromatic rings. The third-order valence-corrected chi connectivity index (χ3v) is 2.56. The molecule has 0 aliphatic rings. The quantitative estimate of drug-likeness (QED) is 0.825. The van der Waals surface area contributed by atoms with Crippen molar-refractivity contribution in [3.8, 4) is 0 Å². The Labute approximate surface area is 109 Å². The first-order valence-corrected chi connectivity index (χ1v) is 5.76. The standard InChI is InChI=1S/C10H13ClN6O/c1-16(2)9(18)3-4-12-8-5-7(11)15-10-13-6-14-17(8)10/h5-6,12H,3-4H2,1-2H3. The number of carbonyl (C=O) groups excluding carboxylic acids is 1. The zero-order valence-corrected chi connectivity index (χ0v) is 10.8. The maximum Gasteiger partial charge on any atom is 0.255 e. The van der Waals surface area contributed by atoms with Crippen LogP contribution in [-0.2, 0) is 4.79 Å². The Kier molecular flexibility index (Phi) is 3.61. The van der Waals surface area contributed by atoms with Crippen molar-refractivity contribution in [2.75, 3.05) is 26.0 Å². The van der Waals surface area contributed by atoms with Crippen molar-refractivity contribution in [1.82, 2.24) is 24.5 Å². The lowest BCUT2D eigenvalue weighted by Gasteiger charge is -2.11. The van der Waals surface area contributed by atoms with Gasteiger partial charge in [0.15, 0.2) is 0 Å². The highest BCUT2D eigenvalue weighted by atomic mass is 35.5. The minimum Gasteiger partial charge on any atom is -0.369 e. The minimum atomic E-state index is 0.0532. The zero-order chi connectivity index (χ0) is 13.1. The molecule has 0 atom stereocenters. The third-order valence-electron chi connectivity index (χ3n) is 2.36. The molecule has 0 spiro atoms. The van der Waals surface area contributed by atoms with Gasteiger partial charge in [-0.2, -0.15) is 19.6 Å². The third kappa shape index (κ3) is 2.67. The summed E-state index contributed by atoms with van der Waals surface area (Å²) in [4.78, 5) is 20.9. The van der Waals surface area contributed by atoms with Gasteiger partial charge in [0.05, 0.1) is 0 Å². The van der Waals surface area contributed by atoms with E-state index in [9.17, 15) is 4.79 Å². The number of nitrogens with one attached hydrogen (secondary N) is 1. The second-order valence-corrected chi connectivity index (χ2v) is 4.29. The van der Waals surface area contributed by atoms with Crippen LogP contribution in [0, 0.1) is 0 Å². The number of hydrogen-bond donors (Lipinski definition) is 1. The molecule has 1 N–H and O–H groups in total. The van der Waals surface area contributed by atoms with Crippen molar-refractivity contribution < 1.29 is 4.79 Å². The van der Waals surface area contributed by atoms with E-state index in [0.29, 0.717) is 29.7 Å². The molecule has 7 nitrogen and oxygen atoms in total. The van der Waals surface area contributed by atoms with E-state index in [2.05, 4.69) is 20.4 Å². The van der Waals surface area contributed by atoms with Crippen molar-refractivity contribution in [3.05, 3.63) is 17.5 Å². The van der Waals surface area contributed by atoms with Crippen LogP contribution in [0.5, 0.6) is 0 Å². The topological polar surface area (TPSA) is 75.4 Å². The maximum atomic E-state index is 11.4. The predicted octanol–water partition coefficient (Wildman–Crippen LogP) is 0.668. The van der Waals surface area contributed by atoms with Gasteiger partial charge in [0.2, 0.25) is 5.91 Å². The molecule has 2 heterocycles. The molecule has 0 radical (unpaired) electrons. The fourth-order valence-electron chi connectivity index (χ4n) is 1.43. The first-order valence-electron chi connectivity index (χ1n) is 5.38. The Bertz CT molecular complexity index is 566. The van der Waals surface area contributed by atoms with Crippen LogP contribution in [0.4, 0.5) is 5.82 Å². The fourth-order valence-corrected chi connectivity index (χ4v) is 1.61. The summed E-state index contributed by atoms with van der Waals surface area (Å²) in [6, 6.07) is 1.64. The SMILES string of the molecule is CN(C)C(=O)CCNc1cc(Cl)nc2ncnn12. The van der Waals surface area contributed by atoms with E-state index in [-0.39, 0.29) is 5.91 Å². The summed E-state index contributed by atoms with van der Waals surface area (Å²) < 4.78 is 1.53. The van der Waals surface area contributed by atoms with Gasteiger partial charge < -0.3 is 10.2 Å². The fraction of sp³-hybridized carbons (Fsp3) is 0.400. The Balaban J connectivity index is 2.07. The van der Waals surface area contributed by atoms with E-state index in [1.165, 1.54) is 10.8 Å². The van der Waals surface area contributed by atoms with Crippen LogP contribution >= 0.6 is 11.6 Å². The Morgan fingerprint density at radius 1 is 1.56 bits per heavy atom. The average molecular weight is 269 g/mol. The van der Waals surface area contributed by atoms with Gasteiger partial charge in [0, 0.05) is 33.1 Å². The summed E-state index contributed by atoms with van der Waals surface area (Å²) in [5.41, 5.74) is 0. The van der Waals surface area contributed by atoms with E-state index in [0.717, 1.165) is 0 Å². The van der Waals surface area contributed by atoms with Crippen LogP contribution in [0.1, 0.15) is 6.42 Å². The van der Waals surface area contributed by atoms with Crippen molar-refractivity contribution >= 4 is 29.1 Å². The highest BCUT2D eigenvalue weighted by Gasteiger charge is 2.07. The molecule has 8 heteroatoms. The second kappa shape index (κ2) is 5.18. The molecule has 0 fully saturated rings. The van der Waals surface area contributed by atoms with Crippen molar-refractivity contribution in [2.24, 2.45) is 0 Å². The van der Waals surface area contributed by atoms with E-state index < -0.39 is 0 Å². The zero-order valence-electron chi connectivity index (χ0n) is 10.1. The molecule has 2 rings (SSSR count). The molecule has 0 saturated heterocycles. The Morgan fingerprint density at radius 3 is 3.06 bits per heavy atom. The summed E-state index contributed by atoms with van der Waals surface area (Å²) in [6.07, 6.45) is 1.79. The molecular weight excluding hydrogens is 256 g/mol. The van der Waals surface area contributed by atoms with Gasteiger partial charge in [0.1, 0.15) is 17.3 Å². The first kappa shape index (κ1) is 12.6. The van der Waals surface area contributed by atoms with Crippen LogP contribution in [0.3, 0.4) is 0 Å². The number of anilines is 1. The lowest BCUT2D eigenvalue weighted by Crippen LogP contribution is -2.24. The molecule has 0 aromatic carbocycles. The minimum absolute atomic E-state index is 0.0532. The van der Waals surface area contributed by atoms with Crippen molar-refractivity contribution in [1.29, 1.82) is 0 Å².